The highest BCUT2D eigenvalue weighted by atomic mass is 35.5. The van der Waals surface area contributed by atoms with Crippen LogP contribution in [0, 0.1) is 5.92 Å². The van der Waals surface area contributed by atoms with Crippen molar-refractivity contribution in [2.75, 3.05) is 14.2 Å². The third kappa shape index (κ3) is 4.09. The molecule has 6 nitrogen and oxygen atoms in total. The van der Waals surface area contributed by atoms with E-state index in [2.05, 4.69) is 15.0 Å². The first-order valence-electron chi connectivity index (χ1n) is 6.00. The van der Waals surface area contributed by atoms with E-state index >= 15 is 0 Å². The number of carbonyl (C=O) groups excluding carboxylic acids is 1. The van der Waals surface area contributed by atoms with E-state index in [9.17, 15) is 4.79 Å². The maximum atomic E-state index is 11.2. The highest BCUT2D eigenvalue weighted by molar-refractivity contribution is 6.06. The molecular weight excluding hydrogens is 284 g/mol. The van der Waals surface area contributed by atoms with Crippen molar-refractivity contribution < 1.29 is 19.2 Å². The number of ether oxygens (including phenoxy) is 1. The van der Waals surface area contributed by atoms with Gasteiger partial charge in [0.05, 0.1) is 19.2 Å². The Morgan fingerprint density at radius 1 is 1.45 bits per heavy atom. The smallest absolute Gasteiger partial charge is 0.309 e. The van der Waals surface area contributed by atoms with Crippen LogP contribution in [-0.4, -0.2) is 37.7 Å². The van der Waals surface area contributed by atoms with Gasteiger partial charge in [0.1, 0.15) is 18.9 Å². The Bertz CT molecular complexity index is 455. The molecule has 1 heterocycles. The summed E-state index contributed by atoms with van der Waals surface area (Å²) in [5.74, 6) is -0.204. The summed E-state index contributed by atoms with van der Waals surface area (Å²) in [5, 5.41) is 7.86. The van der Waals surface area contributed by atoms with Gasteiger partial charge in [0.2, 0.25) is 0 Å². The summed E-state index contributed by atoms with van der Waals surface area (Å²) in [4.78, 5) is 21.1. The molecule has 0 radical (unpaired) electrons. The zero-order valence-electron chi connectivity index (χ0n) is 11.3. The van der Waals surface area contributed by atoms with E-state index in [4.69, 9.17) is 9.68 Å². The number of hydrogen-bond acceptors (Lipinski definition) is 6. The molecule has 0 saturated carbocycles. The lowest BCUT2D eigenvalue weighted by Gasteiger charge is -2.10. The molecule has 0 aromatic carbocycles. The Kier molecular flexibility index (Phi) is 6.24. The van der Waals surface area contributed by atoms with Gasteiger partial charge in [0, 0.05) is 12.3 Å². The van der Waals surface area contributed by atoms with Crippen molar-refractivity contribution in [1.29, 1.82) is 0 Å². The molecule has 0 spiro atoms. The number of carbonyl (C=O) groups is 1. The molecule has 0 aromatic heterocycles. The molecular formula is C13H17ClN2O4. The van der Waals surface area contributed by atoms with Crippen LogP contribution in [-0.2, 0) is 19.2 Å². The number of rotatable bonds is 4. The molecule has 0 bridgehead atoms. The SMILES string of the molecule is CON=C1C=CC(C2=NO[C@@H](CC(=O)OC)C2)C=C1.Cl. The summed E-state index contributed by atoms with van der Waals surface area (Å²) < 4.78 is 4.61. The fourth-order valence-corrected chi connectivity index (χ4v) is 1.94. The minimum Gasteiger partial charge on any atom is -0.469 e. The normalized spacial score (nSPS) is 23.5. The Labute approximate surface area is 123 Å². The fraction of sp³-hybridized carbons (Fsp3) is 0.462. The number of allylic oxidation sites excluding steroid dienone is 4. The molecule has 1 aliphatic heterocycles. The highest BCUT2D eigenvalue weighted by Gasteiger charge is 2.27. The first-order valence-corrected chi connectivity index (χ1v) is 6.00. The van der Waals surface area contributed by atoms with Crippen molar-refractivity contribution in [1.82, 2.24) is 0 Å². The van der Waals surface area contributed by atoms with Crippen LogP contribution in [0.3, 0.4) is 0 Å². The average Bonchev–Trinajstić information content (AvgIpc) is 2.88. The topological polar surface area (TPSA) is 69.5 Å². The van der Waals surface area contributed by atoms with Crippen LogP contribution in [0.15, 0.2) is 34.6 Å². The van der Waals surface area contributed by atoms with Gasteiger partial charge in [0.15, 0.2) is 0 Å². The molecule has 7 heteroatoms. The third-order valence-corrected chi connectivity index (χ3v) is 2.91. The summed E-state index contributed by atoms with van der Waals surface area (Å²) in [6, 6.07) is 0. The van der Waals surface area contributed by atoms with Crippen molar-refractivity contribution in [2.24, 2.45) is 16.2 Å². The summed E-state index contributed by atoms with van der Waals surface area (Å²) in [6.45, 7) is 0. The van der Waals surface area contributed by atoms with E-state index in [1.54, 1.807) is 0 Å². The van der Waals surface area contributed by atoms with Crippen LogP contribution in [0.4, 0.5) is 0 Å². The average molecular weight is 301 g/mol. The van der Waals surface area contributed by atoms with E-state index in [1.165, 1.54) is 14.2 Å². The first-order chi connectivity index (χ1) is 9.22. The van der Waals surface area contributed by atoms with Crippen LogP contribution in [0.1, 0.15) is 12.8 Å². The first kappa shape index (κ1) is 16.2. The molecule has 1 atom stereocenters. The molecule has 0 amide bonds. The molecule has 0 unspecified atom stereocenters. The standard InChI is InChI=1S/C13H16N2O4.ClH/c1-17-13(16)8-11-7-12(15-19-11)9-3-5-10(6-4-9)14-18-2;/h3-6,9,11H,7-8H2,1-2H3;1H/t9?,11-;/m1./s1. The predicted molar refractivity (Wildman–Crippen MR) is 77.0 cm³/mol. The highest BCUT2D eigenvalue weighted by Crippen LogP contribution is 2.22. The van der Waals surface area contributed by atoms with Crippen molar-refractivity contribution in [3.63, 3.8) is 0 Å². The van der Waals surface area contributed by atoms with Gasteiger partial charge in [-0.05, 0) is 12.2 Å². The number of esters is 1. The Balaban J connectivity index is 0.00000200. The Morgan fingerprint density at radius 3 is 2.75 bits per heavy atom. The minimum atomic E-state index is -0.286. The van der Waals surface area contributed by atoms with E-state index in [-0.39, 0.29) is 36.8 Å². The molecule has 0 aromatic rings. The second-order valence-corrected chi connectivity index (χ2v) is 4.24. The summed E-state index contributed by atoms with van der Waals surface area (Å²) in [7, 11) is 2.87. The van der Waals surface area contributed by atoms with Crippen LogP contribution in [0.2, 0.25) is 0 Å². The lowest BCUT2D eigenvalue weighted by molar-refractivity contribution is -0.143. The second-order valence-electron chi connectivity index (χ2n) is 4.24. The molecule has 1 aliphatic carbocycles. The molecule has 110 valence electrons. The number of nitrogens with zero attached hydrogens (tertiary/aromatic N) is 2. The quantitative estimate of drug-likeness (QED) is 0.587. The summed E-state index contributed by atoms with van der Waals surface area (Å²) in [6.07, 6.45) is 8.30. The van der Waals surface area contributed by atoms with E-state index in [0.29, 0.717) is 6.42 Å². The number of oxime groups is 2. The fourth-order valence-electron chi connectivity index (χ4n) is 1.94. The molecule has 0 fully saturated rings. The molecule has 0 N–H and O–H groups in total. The zero-order chi connectivity index (χ0) is 13.7. The van der Waals surface area contributed by atoms with Gasteiger partial charge in [-0.2, -0.15) is 0 Å². The van der Waals surface area contributed by atoms with Gasteiger partial charge >= 0.3 is 5.97 Å². The number of methoxy groups -OCH3 is 1. The predicted octanol–water partition coefficient (Wildman–Crippen LogP) is 1.86. The summed E-state index contributed by atoms with van der Waals surface area (Å²) in [5.41, 5.74) is 1.65. The second kappa shape index (κ2) is 7.69. The maximum Gasteiger partial charge on any atom is 0.309 e. The van der Waals surface area contributed by atoms with Gasteiger partial charge in [-0.3, -0.25) is 4.79 Å². The van der Waals surface area contributed by atoms with Gasteiger partial charge < -0.3 is 14.4 Å². The van der Waals surface area contributed by atoms with Crippen LogP contribution in [0.25, 0.3) is 0 Å². The van der Waals surface area contributed by atoms with E-state index in [1.807, 2.05) is 24.3 Å². The van der Waals surface area contributed by atoms with Gasteiger partial charge in [-0.25, -0.2) is 0 Å². The molecule has 0 saturated heterocycles. The molecule has 2 aliphatic rings. The Morgan fingerprint density at radius 2 is 2.15 bits per heavy atom. The maximum absolute atomic E-state index is 11.2. The molecule has 20 heavy (non-hydrogen) atoms. The van der Waals surface area contributed by atoms with Crippen LogP contribution >= 0.6 is 12.4 Å². The zero-order valence-corrected chi connectivity index (χ0v) is 12.1. The lowest BCUT2D eigenvalue weighted by Crippen LogP contribution is -2.18. The van der Waals surface area contributed by atoms with Gasteiger partial charge in [-0.15, -0.1) is 12.4 Å². The van der Waals surface area contributed by atoms with Crippen LogP contribution in [0.5, 0.6) is 0 Å². The number of halogens is 1. The number of hydrogen-bond donors (Lipinski definition) is 0. The van der Waals surface area contributed by atoms with Crippen molar-refractivity contribution in [3.8, 4) is 0 Å². The van der Waals surface area contributed by atoms with Gasteiger partial charge in [0.25, 0.3) is 0 Å². The van der Waals surface area contributed by atoms with Crippen molar-refractivity contribution in [2.45, 2.75) is 18.9 Å². The lowest BCUT2D eigenvalue weighted by atomic mass is 9.93. The van der Waals surface area contributed by atoms with E-state index < -0.39 is 0 Å². The van der Waals surface area contributed by atoms with Crippen molar-refractivity contribution >= 4 is 29.8 Å². The van der Waals surface area contributed by atoms with Gasteiger partial charge in [-0.1, -0.05) is 22.5 Å². The van der Waals surface area contributed by atoms with E-state index in [0.717, 1.165) is 11.4 Å². The summed E-state index contributed by atoms with van der Waals surface area (Å²) >= 11 is 0. The minimum absolute atomic E-state index is 0. The third-order valence-electron chi connectivity index (χ3n) is 2.91. The van der Waals surface area contributed by atoms with Crippen LogP contribution < -0.4 is 0 Å². The largest absolute Gasteiger partial charge is 0.469 e. The molecule has 2 rings (SSSR count). The Hall–Kier alpha value is -1.82. The monoisotopic (exact) mass is 300 g/mol. The van der Waals surface area contributed by atoms with Crippen molar-refractivity contribution in [3.05, 3.63) is 24.3 Å².